The summed E-state index contributed by atoms with van der Waals surface area (Å²) in [6, 6.07) is 16.0. The van der Waals surface area contributed by atoms with E-state index >= 15 is 0 Å². The van der Waals surface area contributed by atoms with E-state index in [1.807, 2.05) is 40.7 Å². The van der Waals surface area contributed by atoms with Crippen molar-refractivity contribution in [1.82, 2.24) is 0 Å². The molecular formula is C27H34O4S2. The molecule has 1 aliphatic carbocycles. The summed E-state index contributed by atoms with van der Waals surface area (Å²) >= 11 is 0. The number of hydrogen-bond donors (Lipinski definition) is 0. The van der Waals surface area contributed by atoms with Crippen LogP contribution in [0.3, 0.4) is 0 Å². The predicted molar refractivity (Wildman–Crippen MR) is 134 cm³/mol. The van der Waals surface area contributed by atoms with Crippen LogP contribution in [0, 0.1) is 5.41 Å². The fourth-order valence-corrected chi connectivity index (χ4v) is 11.0. The van der Waals surface area contributed by atoms with Gasteiger partial charge in [0.25, 0.3) is 0 Å². The summed E-state index contributed by atoms with van der Waals surface area (Å²) in [6.45, 7) is 9.48. The highest BCUT2D eigenvalue weighted by molar-refractivity contribution is 8.10. The molecule has 0 aromatic heterocycles. The molecule has 1 aliphatic rings. The normalized spacial score (nSPS) is 17.8. The lowest BCUT2D eigenvalue weighted by Crippen LogP contribution is -2.52. The summed E-state index contributed by atoms with van der Waals surface area (Å²) in [6.07, 6.45) is 4.00. The van der Waals surface area contributed by atoms with Crippen LogP contribution in [0.15, 0.2) is 93.2 Å². The van der Waals surface area contributed by atoms with Crippen LogP contribution >= 0.6 is 0 Å². The first-order chi connectivity index (χ1) is 15.4. The average Bonchev–Trinajstić information content (AvgIpc) is 2.78. The van der Waals surface area contributed by atoms with Gasteiger partial charge in [-0.25, -0.2) is 16.8 Å². The zero-order valence-corrected chi connectivity index (χ0v) is 21.8. The van der Waals surface area contributed by atoms with Crippen LogP contribution in [-0.2, 0) is 19.7 Å². The first-order valence-corrected chi connectivity index (χ1v) is 14.3. The van der Waals surface area contributed by atoms with Crippen molar-refractivity contribution < 1.29 is 16.8 Å². The second-order valence-electron chi connectivity index (χ2n) is 9.59. The van der Waals surface area contributed by atoms with E-state index in [1.165, 1.54) is 24.3 Å². The standard InChI is InChI=1S/C27H34O4S2/c1-6-21(2)20-27(25-22(3)14-13-19-26(25,4)5,32(28,29)23-15-9-7-10-16-23)33(30,31)24-17-11-8-12-18-24/h6-12,15-18H,13-14,19-20H2,1-5H3. The molecule has 33 heavy (non-hydrogen) atoms. The maximum Gasteiger partial charge on any atom is 0.207 e. The Morgan fingerprint density at radius 2 is 1.36 bits per heavy atom. The third kappa shape index (κ3) is 4.24. The fraction of sp³-hybridized carbons (Fsp3) is 0.407. The predicted octanol–water partition coefficient (Wildman–Crippen LogP) is 6.51. The Morgan fingerprint density at radius 1 is 0.909 bits per heavy atom. The number of benzene rings is 2. The van der Waals surface area contributed by atoms with Crippen LogP contribution in [0.2, 0.25) is 0 Å². The fourth-order valence-electron chi connectivity index (χ4n) is 5.20. The molecule has 2 aromatic carbocycles. The minimum absolute atomic E-state index is 0.0232. The van der Waals surface area contributed by atoms with Gasteiger partial charge >= 0.3 is 0 Å². The Labute approximate surface area is 199 Å². The molecule has 3 rings (SSSR count). The Kier molecular flexibility index (Phi) is 7.11. The van der Waals surface area contributed by atoms with E-state index in [0.29, 0.717) is 12.0 Å². The van der Waals surface area contributed by atoms with Crippen LogP contribution in [0.25, 0.3) is 0 Å². The molecule has 6 heteroatoms. The Morgan fingerprint density at radius 3 is 1.76 bits per heavy atom. The highest BCUT2D eigenvalue weighted by Gasteiger charge is 2.62. The van der Waals surface area contributed by atoms with Gasteiger partial charge in [0.05, 0.1) is 9.79 Å². The largest absolute Gasteiger partial charge is 0.222 e. The van der Waals surface area contributed by atoms with Gasteiger partial charge in [0.15, 0.2) is 0 Å². The zero-order chi connectivity index (χ0) is 24.5. The Hall–Kier alpha value is -2.18. The lowest BCUT2D eigenvalue weighted by molar-refractivity contribution is 0.344. The maximum atomic E-state index is 14.6. The van der Waals surface area contributed by atoms with Crippen molar-refractivity contribution in [3.8, 4) is 0 Å². The van der Waals surface area contributed by atoms with Gasteiger partial charge < -0.3 is 0 Å². The highest BCUT2D eigenvalue weighted by atomic mass is 32.3. The third-order valence-corrected chi connectivity index (χ3v) is 12.4. The third-order valence-electron chi connectivity index (χ3n) is 6.82. The molecule has 0 saturated heterocycles. The molecule has 2 aromatic rings. The van der Waals surface area contributed by atoms with Crippen molar-refractivity contribution in [1.29, 1.82) is 0 Å². The van der Waals surface area contributed by atoms with E-state index in [4.69, 9.17) is 0 Å². The Bertz CT molecular complexity index is 1200. The van der Waals surface area contributed by atoms with Gasteiger partial charge in [0.2, 0.25) is 23.8 Å². The molecule has 4 nitrogen and oxygen atoms in total. The topological polar surface area (TPSA) is 68.3 Å². The van der Waals surface area contributed by atoms with Gasteiger partial charge in [-0.3, -0.25) is 0 Å². The first-order valence-electron chi connectivity index (χ1n) is 11.3. The second-order valence-corrected chi connectivity index (χ2v) is 14.2. The maximum absolute atomic E-state index is 14.6. The van der Waals surface area contributed by atoms with E-state index in [1.54, 1.807) is 36.4 Å². The second kappa shape index (κ2) is 9.22. The molecule has 0 fully saturated rings. The van der Waals surface area contributed by atoms with Crippen molar-refractivity contribution in [3.05, 3.63) is 83.5 Å². The molecule has 0 atom stereocenters. The lowest BCUT2D eigenvalue weighted by atomic mass is 9.70. The van der Waals surface area contributed by atoms with E-state index in [0.717, 1.165) is 24.0 Å². The molecule has 0 amide bonds. The van der Waals surface area contributed by atoms with Crippen molar-refractivity contribution >= 4 is 19.7 Å². The van der Waals surface area contributed by atoms with Crippen LogP contribution < -0.4 is 0 Å². The SMILES string of the molecule is CC=C(C)CC(C1=C(C)CCCC1(C)C)(S(=O)(=O)c1ccccc1)S(=O)(=O)c1ccccc1. The summed E-state index contributed by atoms with van der Waals surface area (Å²) in [4.78, 5) is 0.0464. The lowest BCUT2D eigenvalue weighted by Gasteiger charge is -2.46. The van der Waals surface area contributed by atoms with Crippen LogP contribution in [0.5, 0.6) is 0 Å². The molecular weight excluding hydrogens is 452 g/mol. The van der Waals surface area contributed by atoms with Crippen molar-refractivity contribution in [2.75, 3.05) is 0 Å². The molecule has 0 spiro atoms. The zero-order valence-electron chi connectivity index (χ0n) is 20.1. The van der Waals surface area contributed by atoms with Gasteiger partial charge in [-0.15, -0.1) is 0 Å². The van der Waals surface area contributed by atoms with Gasteiger partial charge in [0.1, 0.15) is 0 Å². The van der Waals surface area contributed by atoms with E-state index < -0.39 is 29.2 Å². The van der Waals surface area contributed by atoms with Crippen molar-refractivity contribution in [2.24, 2.45) is 5.41 Å². The molecule has 0 bridgehead atoms. The molecule has 0 N–H and O–H groups in total. The summed E-state index contributed by atoms with van der Waals surface area (Å²) in [5, 5.41) is 0. The smallest absolute Gasteiger partial charge is 0.207 e. The molecule has 0 aliphatic heterocycles. The van der Waals surface area contributed by atoms with E-state index in [9.17, 15) is 16.8 Å². The number of sulfone groups is 2. The van der Waals surface area contributed by atoms with Gasteiger partial charge in [-0.1, -0.05) is 67.5 Å². The molecule has 0 unspecified atom stereocenters. The number of hydrogen-bond acceptors (Lipinski definition) is 4. The van der Waals surface area contributed by atoms with Crippen LogP contribution in [0.1, 0.15) is 60.3 Å². The summed E-state index contributed by atoms with van der Waals surface area (Å²) in [5.41, 5.74) is 1.50. The minimum atomic E-state index is -4.36. The Balaban J connectivity index is 2.58. The highest BCUT2D eigenvalue weighted by Crippen LogP contribution is 2.55. The average molecular weight is 487 g/mol. The van der Waals surface area contributed by atoms with Gasteiger partial charge in [0, 0.05) is 6.42 Å². The molecule has 178 valence electrons. The van der Waals surface area contributed by atoms with Gasteiger partial charge in [-0.05, 0) is 75.3 Å². The minimum Gasteiger partial charge on any atom is -0.222 e. The summed E-state index contributed by atoms with van der Waals surface area (Å²) in [7, 11) is -8.73. The van der Waals surface area contributed by atoms with Gasteiger partial charge in [-0.2, -0.15) is 0 Å². The first kappa shape index (κ1) is 25.4. The van der Waals surface area contributed by atoms with Crippen molar-refractivity contribution in [2.45, 2.75) is 74.2 Å². The molecule has 0 radical (unpaired) electrons. The van der Waals surface area contributed by atoms with Crippen LogP contribution in [-0.4, -0.2) is 20.9 Å². The monoisotopic (exact) mass is 486 g/mol. The van der Waals surface area contributed by atoms with E-state index in [-0.39, 0.29) is 16.2 Å². The van der Waals surface area contributed by atoms with Crippen molar-refractivity contribution in [3.63, 3.8) is 0 Å². The van der Waals surface area contributed by atoms with Crippen LogP contribution in [0.4, 0.5) is 0 Å². The number of allylic oxidation sites excluding steroid dienone is 3. The quantitative estimate of drug-likeness (QED) is 0.418. The van der Waals surface area contributed by atoms with E-state index in [2.05, 4.69) is 0 Å². The molecule has 0 saturated carbocycles. The summed E-state index contributed by atoms with van der Waals surface area (Å²) < 4.78 is 56.3. The number of rotatable bonds is 7. The molecule has 0 heterocycles. The summed E-state index contributed by atoms with van der Waals surface area (Å²) in [5.74, 6) is 0.